The van der Waals surface area contributed by atoms with E-state index in [1.165, 1.54) is 5.56 Å². The van der Waals surface area contributed by atoms with Crippen LogP contribution >= 0.6 is 15.9 Å². The Bertz CT molecular complexity index is 786. The highest BCUT2D eigenvalue weighted by molar-refractivity contribution is 9.10. The van der Waals surface area contributed by atoms with Crippen molar-refractivity contribution >= 4 is 39.1 Å². The van der Waals surface area contributed by atoms with Crippen LogP contribution < -0.4 is 10.2 Å². The van der Waals surface area contributed by atoms with Crippen LogP contribution in [-0.4, -0.2) is 18.4 Å². The number of nitrogens with zero attached hydrogens (tertiary/aromatic N) is 1. The van der Waals surface area contributed by atoms with E-state index in [2.05, 4.69) is 21.2 Å². The minimum atomic E-state index is -0.331. The number of aryl methyl sites for hydroxylation is 2. The highest BCUT2D eigenvalue weighted by atomic mass is 79.9. The summed E-state index contributed by atoms with van der Waals surface area (Å²) in [6.07, 6.45) is 0.245. The summed E-state index contributed by atoms with van der Waals surface area (Å²) in [4.78, 5) is 26.5. The normalized spacial score (nSPS) is 17.2. The first-order valence-corrected chi connectivity index (χ1v) is 8.67. The van der Waals surface area contributed by atoms with Gasteiger partial charge in [0.15, 0.2) is 0 Å². The lowest BCUT2D eigenvalue weighted by Crippen LogP contribution is -2.28. The maximum atomic E-state index is 12.4. The minimum Gasteiger partial charge on any atom is -0.326 e. The molecule has 3 rings (SSSR count). The lowest BCUT2D eigenvalue weighted by Gasteiger charge is -2.18. The lowest BCUT2D eigenvalue weighted by atomic mass is 10.1. The number of carbonyl (C=O) groups excluding carboxylic acids is 2. The van der Waals surface area contributed by atoms with Crippen molar-refractivity contribution < 1.29 is 9.59 Å². The van der Waals surface area contributed by atoms with Crippen LogP contribution in [0.1, 0.15) is 17.5 Å². The second kappa shape index (κ2) is 6.77. The Labute approximate surface area is 150 Å². The molecule has 24 heavy (non-hydrogen) atoms. The van der Waals surface area contributed by atoms with Crippen LogP contribution in [0.25, 0.3) is 0 Å². The predicted molar refractivity (Wildman–Crippen MR) is 99.1 cm³/mol. The fourth-order valence-electron chi connectivity index (χ4n) is 2.80. The summed E-state index contributed by atoms with van der Waals surface area (Å²) in [5.41, 5.74) is 3.93. The van der Waals surface area contributed by atoms with Crippen molar-refractivity contribution in [2.75, 3.05) is 16.8 Å². The van der Waals surface area contributed by atoms with Gasteiger partial charge in [-0.2, -0.15) is 0 Å². The summed E-state index contributed by atoms with van der Waals surface area (Å²) in [5, 5.41) is 2.89. The molecule has 4 nitrogen and oxygen atoms in total. The second-order valence-electron chi connectivity index (χ2n) is 6.17. The monoisotopic (exact) mass is 386 g/mol. The molecule has 2 aromatic rings. The molecule has 0 radical (unpaired) electrons. The van der Waals surface area contributed by atoms with Gasteiger partial charge in [0.2, 0.25) is 11.8 Å². The number of hydrogen-bond donors (Lipinski definition) is 1. The molecule has 1 heterocycles. The Kier molecular flexibility index (Phi) is 4.71. The van der Waals surface area contributed by atoms with Crippen molar-refractivity contribution in [1.82, 2.24) is 0 Å². The number of amides is 2. The fourth-order valence-corrected chi connectivity index (χ4v) is 3.07. The van der Waals surface area contributed by atoms with E-state index in [1.54, 1.807) is 4.90 Å². The third-order valence-electron chi connectivity index (χ3n) is 4.41. The molecule has 1 atom stereocenters. The Morgan fingerprint density at radius 3 is 2.50 bits per heavy atom. The molecule has 0 aromatic heterocycles. The maximum absolute atomic E-state index is 12.4. The molecular formula is C19H19BrN2O2. The molecule has 0 unspecified atom stereocenters. The Morgan fingerprint density at radius 1 is 1.12 bits per heavy atom. The first-order chi connectivity index (χ1) is 11.4. The van der Waals surface area contributed by atoms with E-state index in [4.69, 9.17) is 0 Å². The van der Waals surface area contributed by atoms with E-state index in [1.807, 2.05) is 56.3 Å². The molecule has 1 aliphatic rings. The van der Waals surface area contributed by atoms with Crippen LogP contribution in [0.3, 0.4) is 0 Å². The Balaban J connectivity index is 1.70. The molecule has 1 fully saturated rings. The molecule has 2 amide bonds. The van der Waals surface area contributed by atoms with Crippen molar-refractivity contribution in [2.24, 2.45) is 5.92 Å². The van der Waals surface area contributed by atoms with Crippen molar-refractivity contribution in [3.63, 3.8) is 0 Å². The third-order valence-corrected chi connectivity index (χ3v) is 4.94. The van der Waals surface area contributed by atoms with Crippen LogP contribution in [0.2, 0.25) is 0 Å². The zero-order valence-electron chi connectivity index (χ0n) is 13.7. The van der Waals surface area contributed by atoms with Gasteiger partial charge in [-0.05, 0) is 61.4 Å². The zero-order chi connectivity index (χ0) is 17.3. The smallest absolute Gasteiger partial charge is 0.229 e. The van der Waals surface area contributed by atoms with E-state index in [0.717, 1.165) is 21.4 Å². The summed E-state index contributed by atoms with van der Waals surface area (Å²) in [5.74, 6) is -0.450. The number of rotatable bonds is 3. The Morgan fingerprint density at radius 2 is 1.83 bits per heavy atom. The van der Waals surface area contributed by atoms with Crippen LogP contribution in [-0.2, 0) is 9.59 Å². The van der Waals surface area contributed by atoms with Gasteiger partial charge in [0.25, 0.3) is 0 Å². The first kappa shape index (κ1) is 16.7. The molecular weight excluding hydrogens is 368 g/mol. The van der Waals surface area contributed by atoms with E-state index in [9.17, 15) is 9.59 Å². The molecule has 0 aliphatic carbocycles. The quantitative estimate of drug-likeness (QED) is 0.864. The second-order valence-corrected chi connectivity index (χ2v) is 7.09. The van der Waals surface area contributed by atoms with Gasteiger partial charge in [0.05, 0.1) is 5.92 Å². The van der Waals surface area contributed by atoms with Gasteiger partial charge in [0, 0.05) is 28.8 Å². The highest BCUT2D eigenvalue weighted by Crippen LogP contribution is 2.27. The van der Waals surface area contributed by atoms with E-state index in [0.29, 0.717) is 6.54 Å². The van der Waals surface area contributed by atoms with Crippen LogP contribution in [0.15, 0.2) is 46.9 Å². The molecule has 0 saturated carbocycles. The number of anilines is 2. The molecule has 0 bridgehead atoms. The average molecular weight is 387 g/mol. The van der Waals surface area contributed by atoms with E-state index in [-0.39, 0.29) is 24.2 Å². The summed E-state index contributed by atoms with van der Waals surface area (Å²) < 4.78 is 0.956. The lowest BCUT2D eigenvalue weighted by molar-refractivity contribution is -0.122. The molecule has 1 saturated heterocycles. The van der Waals surface area contributed by atoms with E-state index >= 15 is 0 Å². The molecule has 0 spiro atoms. The highest BCUT2D eigenvalue weighted by Gasteiger charge is 2.35. The fraction of sp³-hybridized carbons (Fsp3) is 0.263. The van der Waals surface area contributed by atoms with Crippen LogP contribution in [0, 0.1) is 19.8 Å². The number of benzene rings is 2. The van der Waals surface area contributed by atoms with Gasteiger partial charge in [-0.1, -0.05) is 22.0 Å². The zero-order valence-corrected chi connectivity index (χ0v) is 15.3. The molecule has 1 N–H and O–H groups in total. The van der Waals surface area contributed by atoms with Gasteiger partial charge in [-0.3, -0.25) is 9.59 Å². The average Bonchev–Trinajstić information content (AvgIpc) is 2.94. The minimum absolute atomic E-state index is 0.00536. The number of nitrogens with one attached hydrogen (secondary N) is 1. The Hall–Kier alpha value is -2.14. The van der Waals surface area contributed by atoms with Gasteiger partial charge in [-0.15, -0.1) is 0 Å². The van der Waals surface area contributed by atoms with Gasteiger partial charge >= 0.3 is 0 Å². The van der Waals surface area contributed by atoms with Gasteiger partial charge in [0.1, 0.15) is 0 Å². The largest absolute Gasteiger partial charge is 0.326 e. The standard InChI is InChI=1S/C19H19BrN2O2/c1-12-3-8-17(9-13(12)2)22-11-14(10-18(22)23)19(24)21-16-6-4-15(20)5-7-16/h3-9,14H,10-11H2,1-2H3,(H,21,24)/t14-/m0/s1. The third kappa shape index (κ3) is 3.51. The van der Waals surface area contributed by atoms with E-state index < -0.39 is 0 Å². The number of hydrogen-bond acceptors (Lipinski definition) is 2. The molecule has 5 heteroatoms. The molecule has 124 valence electrons. The molecule has 2 aromatic carbocycles. The summed E-state index contributed by atoms with van der Waals surface area (Å²) in [6, 6.07) is 13.4. The van der Waals surface area contributed by atoms with Crippen LogP contribution in [0.5, 0.6) is 0 Å². The topological polar surface area (TPSA) is 49.4 Å². The summed E-state index contributed by atoms with van der Waals surface area (Å²) in [7, 11) is 0. The predicted octanol–water partition coefficient (Wildman–Crippen LogP) is 4.06. The van der Waals surface area contributed by atoms with Crippen molar-refractivity contribution in [3.05, 3.63) is 58.1 Å². The first-order valence-electron chi connectivity index (χ1n) is 7.88. The number of carbonyl (C=O) groups is 2. The van der Waals surface area contributed by atoms with Crippen molar-refractivity contribution in [3.8, 4) is 0 Å². The SMILES string of the molecule is Cc1ccc(N2C[C@@H](C(=O)Nc3ccc(Br)cc3)CC2=O)cc1C. The van der Waals surface area contributed by atoms with Crippen LogP contribution in [0.4, 0.5) is 11.4 Å². The summed E-state index contributed by atoms with van der Waals surface area (Å²) >= 11 is 3.37. The van der Waals surface area contributed by atoms with Gasteiger partial charge in [-0.25, -0.2) is 0 Å². The molecule has 1 aliphatic heterocycles. The van der Waals surface area contributed by atoms with Crippen molar-refractivity contribution in [2.45, 2.75) is 20.3 Å². The van der Waals surface area contributed by atoms with Crippen molar-refractivity contribution in [1.29, 1.82) is 0 Å². The maximum Gasteiger partial charge on any atom is 0.229 e. The summed E-state index contributed by atoms with van der Waals surface area (Å²) in [6.45, 7) is 4.49. The van der Waals surface area contributed by atoms with Gasteiger partial charge < -0.3 is 10.2 Å². The number of halogens is 1.